The molecule has 0 aromatic rings. The van der Waals surface area contributed by atoms with E-state index in [4.69, 9.17) is 4.74 Å². The van der Waals surface area contributed by atoms with Gasteiger partial charge in [0.15, 0.2) is 12.9 Å². The highest BCUT2D eigenvalue weighted by Crippen LogP contribution is 2.03. The van der Waals surface area contributed by atoms with Crippen molar-refractivity contribution in [3.63, 3.8) is 0 Å². The third kappa shape index (κ3) is 4.69. The summed E-state index contributed by atoms with van der Waals surface area (Å²) in [6.45, 7) is 1.28. The van der Waals surface area contributed by atoms with Gasteiger partial charge in [-0.15, -0.1) is 12.4 Å². The summed E-state index contributed by atoms with van der Waals surface area (Å²) in [6.07, 6.45) is 0.435. The molecule has 0 spiro atoms. The van der Waals surface area contributed by atoms with Crippen LogP contribution < -0.4 is 5.32 Å². The van der Waals surface area contributed by atoms with Gasteiger partial charge >= 0.3 is 6.16 Å². The Morgan fingerprint density at radius 1 is 1.62 bits per heavy atom. The molecule has 0 bridgehead atoms. The van der Waals surface area contributed by atoms with Gasteiger partial charge < -0.3 is 14.8 Å². The molecule has 0 aromatic carbocycles. The lowest BCUT2D eigenvalue weighted by molar-refractivity contribution is -0.111. The average molecular weight is 210 g/mol. The maximum atomic E-state index is 10.7. The van der Waals surface area contributed by atoms with Crippen LogP contribution in [0, 0.1) is 0 Å². The number of rotatable bonds is 3. The zero-order valence-corrected chi connectivity index (χ0v) is 7.84. The number of ether oxygens (including phenoxy) is 2. The lowest BCUT2D eigenvalue weighted by atomic mass is 10.3. The maximum Gasteiger partial charge on any atom is 0.509 e. The summed E-state index contributed by atoms with van der Waals surface area (Å²) < 4.78 is 9.23. The first-order chi connectivity index (χ1) is 5.83. The summed E-state index contributed by atoms with van der Waals surface area (Å²) in [4.78, 5) is 20.5. The van der Waals surface area contributed by atoms with Crippen LogP contribution in [0.25, 0.3) is 0 Å². The van der Waals surface area contributed by atoms with E-state index < -0.39 is 6.16 Å². The lowest BCUT2D eigenvalue weighted by Crippen LogP contribution is -2.21. The van der Waals surface area contributed by atoms with Crippen molar-refractivity contribution in [2.24, 2.45) is 0 Å². The second kappa shape index (κ2) is 6.68. The zero-order valence-electron chi connectivity index (χ0n) is 7.02. The Kier molecular flexibility index (Phi) is 6.26. The van der Waals surface area contributed by atoms with Gasteiger partial charge in [-0.2, -0.15) is 0 Å². The van der Waals surface area contributed by atoms with Crippen molar-refractivity contribution in [2.75, 3.05) is 19.7 Å². The van der Waals surface area contributed by atoms with E-state index >= 15 is 0 Å². The van der Waals surface area contributed by atoms with Crippen LogP contribution in [-0.2, 0) is 14.3 Å². The van der Waals surface area contributed by atoms with Gasteiger partial charge in [0.05, 0.1) is 0 Å². The van der Waals surface area contributed by atoms with Gasteiger partial charge in [0, 0.05) is 6.54 Å². The van der Waals surface area contributed by atoms with Crippen LogP contribution in [-0.4, -0.2) is 38.2 Å². The molecule has 1 rings (SSSR count). The topological polar surface area (TPSA) is 64.6 Å². The fourth-order valence-electron chi connectivity index (χ4n) is 1.00. The fraction of sp³-hybridized carbons (Fsp3) is 0.714. The van der Waals surface area contributed by atoms with Gasteiger partial charge in [-0.25, -0.2) is 4.79 Å². The van der Waals surface area contributed by atoms with Gasteiger partial charge in [-0.3, -0.25) is 4.79 Å². The molecular weight excluding hydrogens is 198 g/mol. The Balaban J connectivity index is 0.00000144. The van der Waals surface area contributed by atoms with E-state index in [-0.39, 0.29) is 25.1 Å². The first-order valence-electron chi connectivity index (χ1n) is 3.80. The summed E-state index contributed by atoms with van der Waals surface area (Å²) in [5.74, 6) is 0. The van der Waals surface area contributed by atoms with Gasteiger partial charge in [-0.05, 0) is 13.0 Å². The normalized spacial score (nSPS) is 20.2. The fourth-order valence-corrected chi connectivity index (χ4v) is 1.00. The van der Waals surface area contributed by atoms with Crippen molar-refractivity contribution in [3.05, 3.63) is 0 Å². The number of hydrogen-bond acceptors (Lipinski definition) is 5. The van der Waals surface area contributed by atoms with Crippen molar-refractivity contribution in [3.8, 4) is 0 Å². The van der Waals surface area contributed by atoms with Gasteiger partial charge in [0.2, 0.25) is 0 Å². The first-order valence-corrected chi connectivity index (χ1v) is 3.80. The third-order valence-corrected chi connectivity index (χ3v) is 1.55. The summed E-state index contributed by atoms with van der Waals surface area (Å²) >= 11 is 0. The molecule has 1 fully saturated rings. The number of nitrogens with one attached hydrogen (secondary N) is 1. The molecule has 0 radical (unpaired) electrons. The quantitative estimate of drug-likeness (QED) is 0.529. The van der Waals surface area contributed by atoms with Crippen LogP contribution in [0.1, 0.15) is 6.42 Å². The van der Waals surface area contributed by atoms with Crippen LogP contribution in [0.15, 0.2) is 0 Å². The number of carbonyl (C=O) groups excluding carboxylic acids is 2. The molecule has 76 valence electrons. The highest BCUT2D eigenvalue weighted by atomic mass is 35.5. The Hall–Kier alpha value is -0.810. The van der Waals surface area contributed by atoms with Crippen LogP contribution in [0.4, 0.5) is 4.79 Å². The van der Waals surface area contributed by atoms with Crippen LogP contribution in [0.3, 0.4) is 0 Å². The molecule has 1 aliphatic heterocycles. The summed E-state index contributed by atoms with van der Waals surface area (Å²) in [7, 11) is 0. The van der Waals surface area contributed by atoms with Gasteiger partial charge in [0.25, 0.3) is 0 Å². The Morgan fingerprint density at radius 3 is 2.92 bits per heavy atom. The minimum Gasteiger partial charge on any atom is -0.430 e. The minimum absolute atomic E-state index is 0. The van der Waals surface area contributed by atoms with E-state index in [1.807, 2.05) is 0 Å². The van der Waals surface area contributed by atoms with Crippen molar-refractivity contribution in [2.45, 2.75) is 12.5 Å². The molecule has 1 aliphatic rings. The predicted octanol–water partition coefficient (Wildman–Crippen LogP) is 0.122. The number of aldehydes is 1. The molecule has 0 saturated carbocycles. The van der Waals surface area contributed by atoms with E-state index in [2.05, 4.69) is 10.1 Å². The maximum absolute atomic E-state index is 10.7. The second-order valence-corrected chi connectivity index (χ2v) is 2.46. The van der Waals surface area contributed by atoms with E-state index in [0.717, 1.165) is 13.0 Å². The minimum atomic E-state index is -0.768. The lowest BCUT2D eigenvalue weighted by Gasteiger charge is -2.08. The number of hydrogen-bond donors (Lipinski definition) is 1. The molecule has 0 amide bonds. The number of halogens is 1. The molecular formula is C7H12ClNO4. The highest BCUT2D eigenvalue weighted by molar-refractivity contribution is 5.85. The largest absolute Gasteiger partial charge is 0.509 e. The standard InChI is InChI=1S/C7H11NO4.ClH/c9-3-4-11-7(10)12-6-1-2-8-5-6;/h3,6,8H,1-2,4-5H2;1H. The van der Waals surface area contributed by atoms with Crippen molar-refractivity contribution < 1.29 is 19.1 Å². The smallest absolute Gasteiger partial charge is 0.430 e. The Morgan fingerprint density at radius 2 is 2.38 bits per heavy atom. The van der Waals surface area contributed by atoms with Crippen LogP contribution in [0.5, 0.6) is 0 Å². The third-order valence-electron chi connectivity index (χ3n) is 1.55. The van der Waals surface area contributed by atoms with Crippen LogP contribution in [0.2, 0.25) is 0 Å². The molecule has 5 nitrogen and oxygen atoms in total. The zero-order chi connectivity index (χ0) is 8.81. The molecule has 6 heteroatoms. The highest BCUT2D eigenvalue weighted by Gasteiger charge is 2.19. The van der Waals surface area contributed by atoms with Crippen molar-refractivity contribution in [1.29, 1.82) is 0 Å². The van der Waals surface area contributed by atoms with E-state index in [9.17, 15) is 9.59 Å². The Bertz CT molecular complexity index is 170. The van der Waals surface area contributed by atoms with E-state index in [1.54, 1.807) is 0 Å². The van der Waals surface area contributed by atoms with Gasteiger partial charge in [0.1, 0.15) is 6.10 Å². The molecule has 1 unspecified atom stereocenters. The molecule has 1 saturated heterocycles. The summed E-state index contributed by atoms with van der Waals surface area (Å²) in [5, 5.41) is 3.03. The first kappa shape index (κ1) is 12.2. The molecule has 1 N–H and O–H groups in total. The SMILES string of the molecule is Cl.O=CCOC(=O)OC1CCNC1. The molecule has 1 heterocycles. The molecule has 1 atom stereocenters. The Labute approximate surface area is 82.2 Å². The van der Waals surface area contributed by atoms with Crippen molar-refractivity contribution in [1.82, 2.24) is 5.32 Å². The van der Waals surface area contributed by atoms with E-state index in [0.29, 0.717) is 12.8 Å². The average Bonchev–Trinajstić information content (AvgIpc) is 2.53. The van der Waals surface area contributed by atoms with Crippen LogP contribution >= 0.6 is 12.4 Å². The van der Waals surface area contributed by atoms with E-state index in [1.165, 1.54) is 0 Å². The summed E-state index contributed by atoms with van der Waals surface area (Å²) in [5.41, 5.74) is 0. The van der Waals surface area contributed by atoms with Gasteiger partial charge in [-0.1, -0.05) is 0 Å². The predicted molar refractivity (Wildman–Crippen MR) is 47.0 cm³/mol. The summed E-state index contributed by atoms with van der Waals surface area (Å²) in [6, 6.07) is 0. The molecule has 0 aliphatic carbocycles. The monoisotopic (exact) mass is 209 g/mol. The molecule has 0 aromatic heterocycles. The number of carbonyl (C=O) groups is 2. The second-order valence-electron chi connectivity index (χ2n) is 2.46. The molecule has 13 heavy (non-hydrogen) atoms. The van der Waals surface area contributed by atoms with Crippen molar-refractivity contribution >= 4 is 24.8 Å².